The van der Waals surface area contributed by atoms with Gasteiger partial charge in [-0.3, -0.25) is 0 Å². The third kappa shape index (κ3) is 5.71. The lowest BCUT2D eigenvalue weighted by Crippen LogP contribution is -2.29. The van der Waals surface area contributed by atoms with Crippen LogP contribution in [0.3, 0.4) is 0 Å². The van der Waals surface area contributed by atoms with Gasteiger partial charge in [0.15, 0.2) is 0 Å². The molecule has 0 N–H and O–H groups in total. The SMILES string of the molecule is CN(CCOc1cccc(Cl)c1)S(=O)(=O)/C=C/c1ccccc1. The van der Waals surface area contributed by atoms with Gasteiger partial charge in [0.25, 0.3) is 0 Å². The molecule has 2 aromatic rings. The monoisotopic (exact) mass is 351 g/mol. The Labute approximate surface area is 142 Å². The zero-order valence-electron chi connectivity index (χ0n) is 12.7. The van der Waals surface area contributed by atoms with Gasteiger partial charge in [-0.2, -0.15) is 4.31 Å². The van der Waals surface area contributed by atoms with E-state index in [-0.39, 0.29) is 13.2 Å². The largest absolute Gasteiger partial charge is 0.492 e. The molecule has 0 unspecified atom stereocenters. The van der Waals surface area contributed by atoms with Crippen molar-refractivity contribution in [1.82, 2.24) is 4.31 Å². The molecule has 23 heavy (non-hydrogen) atoms. The highest BCUT2D eigenvalue weighted by atomic mass is 35.5. The Hall–Kier alpha value is -1.82. The molecule has 6 heteroatoms. The maximum Gasteiger partial charge on any atom is 0.236 e. The lowest BCUT2D eigenvalue weighted by Gasteiger charge is -2.15. The summed E-state index contributed by atoms with van der Waals surface area (Å²) in [5.74, 6) is 0.614. The van der Waals surface area contributed by atoms with Crippen LogP contribution in [0.4, 0.5) is 0 Å². The predicted octanol–water partition coefficient (Wildman–Crippen LogP) is 3.65. The van der Waals surface area contributed by atoms with Crippen molar-refractivity contribution in [1.29, 1.82) is 0 Å². The van der Waals surface area contributed by atoms with Crippen molar-refractivity contribution in [3.63, 3.8) is 0 Å². The van der Waals surface area contributed by atoms with Crippen LogP contribution < -0.4 is 4.74 Å². The molecule has 0 saturated carbocycles. The van der Waals surface area contributed by atoms with Crippen molar-refractivity contribution in [3.05, 3.63) is 70.6 Å². The Morgan fingerprint density at radius 2 is 1.87 bits per heavy atom. The van der Waals surface area contributed by atoms with Gasteiger partial charge in [0.05, 0.1) is 0 Å². The molecule has 0 saturated heterocycles. The van der Waals surface area contributed by atoms with Gasteiger partial charge in [-0.1, -0.05) is 48.0 Å². The number of hydrogen-bond donors (Lipinski definition) is 0. The van der Waals surface area contributed by atoms with Gasteiger partial charge in [-0.25, -0.2) is 8.42 Å². The Kier molecular flexibility index (Phi) is 6.21. The molecule has 0 heterocycles. The number of halogens is 1. The Morgan fingerprint density at radius 1 is 1.13 bits per heavy atom. The van der Waals surface area contributed by atoms with Crippen molar-refractivity contribution in [3.8, 4) is 5.75 Å². The minimum Gasteiger partial charge on any atom is -0.492 e. The summed E-state index contributed by atoms with van der Waals surface area (Å²) in [5.41, 5.74) is 0.833. The van der Waals surface area contributed by atoms with Crippen LogP contribution in [0, 0.1) is 0 Å². The standard InChI is InChI=1S/C17H18ClNO3S/c1-19(11-12-22-17-9-5-8-16(18)14-17)23(20,21)13-10-15-6-3-2-4-7-15/h2-10,13-14H,11-12H2,1H3/b13-10+. The van der Waals surface area contributed by atoms with E-state index in [1.165, 1.54) is 16.8 Å². The smallest absolute Gasteiger partial charge is 0.236 e. The van der Waals surface area contributed by atoms with Crippen LogP contribution in [0.2, 0.25) is 5.02 Å². The number of likely N-dealkylation sites (N-methyl/N-ethyl adjacent to an activating group) is 1. The van der Waals surface area contributed by atoms with Crippen LogP contribution in [0.15, 0.2) is 60.0 Å². The van der Waals surface area contributed by atoms with Crippen LogP contribution in [0.1, 0.15) is 5.56 Å². The fraction of sp³-hybridized carbons (Fsp3) is 0.176. The summed E-state index contributed by atoms with van der Waals surface area (Å²) in [6.45, 7) is 0.489. The highest BCUT2D eigenvalue weighted by Crippen LogP contribution is 2.17. The second kappa shape index (κ2) is 8.15. The summed E-state index contributed by atoms with van der Waals surface area (Å²) < 4.78 is 31.1. The molecule has 2 rings (SSSR count). The van der Waals surface area contributed by atoms with Gasteiger partial charge < -0.3 is 4.74 Å². The topological polar surface area (TPSA) is 46.6 Å². The molecular weight excluding hydrogens is 334 g/mol. The Morgan fingerprint density at radius 3 is 2.57 bits per heavy atom. The third-order valence-electron chi connectivity index (χ3n) is 3.14. The number of benzene rings is 2. The number of ether oxygens (including phenoxy) is 1. The van der Waals surface area contributed by atoms with Crippen LogP contribution in [-0.4, -0.2) is 32.9 Å². The first-order valence-corrected chi connectivity index (χ1v) is 8.93. The molecule has 0 amide bonds. The molecule has 0 aliphatic heterocycles. The molecule has 122 valence electrons. The van der Waals surface area contributed by atoms with E-state index in [4.69, 9.17) is 16.3 Å². The van der Waals surface area contributed by atoms with Gasteiger partial charge in [0, 0.05) is 24.0 Å². The lowest BCUT2D eigenvalue weighted by atomic mass is 10.2. The minimum absolute atomic E-state index is 0.244. The summed E-state index contributed by atoms with van der Waals surface area (Å²) in [4.78, 5) is 0. The van der Waals surface area contributed by atoms with E-state index in [9.17, 15) is 8.42 Å². The van der Waals surface area contributed by atoms with Crippen molar-refractivity contribution in [2.24, 2.45) is 0 Å². The first kappa shape index (κ1) is 17.5. The Balaban J connectivity index is 1.89. The molecule has 0 fully saturated rings. The first-order valence-electron chi connectivity index (χ1n) is 7.05. The van der Waals surface area contributed by atoms with E-state index in [2.05, 4.69) is 0 Å². The van der Waals surface area contributed by atoms with Crippen molar-refractivity contribution in [2.45, 2.75) is 0 Å². The van der Waals surface area contributed by atoms with E-state index in [0.29, 0.717) is 10.8 Å². The van der Waals surface area contributed by atoms with E-state index < -0.39 is 10.0 Å². The molecule has 2 aromatic carbocycles. The van der Waals surface area contributed by atoms with Crippen molar-refractivity contribution in [2.75, 3.05) is 20.2 Å². The molecule has 0 radical (unpaired) electrons. The molecule has 0 atom stereocenters. The van der Waals surface area contributed by atoms with Gasteiger partial charge in [0.1, 0.15) is 12.4 Å². The molecule has 0 aliphatic rings. The van der Waals surface area contributed by atoms with Gasteiger partial charge in [0.2, 0.25) is 10.0 Å². The van der Waals surface area contributed by atoms with Crippen LogP contribution in [0.5, 0.6) is 5.75 Å². The summed E-state index contributed by atoms with van der Waals surface area (Å²) in [7, 11) is -1.95. The van der Waals surface area contributed by atoms with Crippen LogP contribution in [-0.2, 0) is 10.0 Å². The van der Waals surface area contributed by atoms with Crippen molar-refractivity contribution < 1.29 is 13.2 Å². The van der Waals surface area contributed by atoms with Gasteiger partial charge in [-0.05, 0) is 29.8 Å². The summed E-state index contributed by atoms with van der Waals surface area (Å²) in [6, 6.07) is 16.3. The highest BCUT2D eigenvalue weighted by molar-refractivity contribution is 7.92. The van der Waals surface area contributed by atoms with E-state index in [1.54, 1.807) is 30.3 Å². The quantitative estimate of drug-likeness (QED) is 0.765. The average Bonchev–Trinajstić information content (AvgIpc) is 2.54. The number of sulfonamides is 1. The van der Waals surface area contributed by atoms with Crippen LogP contribution in [0.25, 0.3) is 6.08 Å². The minimum atomic E-state index is -3.47. The van der Waals surface area contributed by atoms with Crippen molar-refractivity contribution >= 4 is 27.7 Å². The van der Waals surface area contributed by atoms with Gasteiger partial charge >= 0.3 is 0 Å². The normalized spacial score (nSPS) is 12.0. The fourth-order valence-corrected chi connectivity index (χ4v) is 2.85. The molecule has 0 bridgehead atoms. The Bertz CT molecular complexity index is 760. The number of nitrogens with zero attached hydrogens (tertiary/aromatic N) is 1. The van der Waals surface area contributed by atoms with E-state index in [1.807, 2.05) is 30.3 Å². The molecular formula is C17H18ClNO3S. The summed E-state index contributed by atoms with van der Waals surface area (Å²) in [6.07, 6.45) is 1.57. The molecule has 0 aromatic heterocycles. The van der Waals surface area contributed by atoms with E-state index >= 15 is 0 Å². The maximum atomic E-state index is 12.2. The first-order chi connectivity index (χ1) is 11.0. The highest BCUT2D eigenvalue weighted by Gasteiger charge is 2.13. The number of hydrogen-bond acceptors (Lipinski definition) is 3. The molecule has 0 spiro atoms. The lowest BCUT2D eigenvalue weighted by molar-refractivity contribution is 0.288. The molecule has 4 nitrogen and oxygen atoms in total. The summed E-state index contributed by atoms with van der Waals surface area (Å²) in [5, 5.41) is 1.77. The average molecular weight is 352 g/mol. The van der Waals surface area contributed by atoms with Crippen LogP contribution >= 0.6 is 11.6 Å². The van der Waals surface area contributed by atoms with E-state index in [0.717, 1.165) is 5.56 Å². The zero-order valence-corrected chi connectivity index (χ0v) is 14.3. The summed E-state index contributed by atoms with van der Waals surface area (Å²) >= 11 is 5.86. The fourth-order valence-electron chi connectivity index (χ4n) is 1.81. The number of rotatable bonds is 7. The second-order valence-electron chi connectivity index (χ2n) is 4.89. The van der Waals surface area contributed by atoms with Gasteiger partial charge in [-0.15, -0.1) is 0 Å². The third-order valence-corrected chi connectivity index (χ3v) is 4.90. The zero-order chi connectivity index (χ0) is 16.7. The predicted molar refractivity (Wildman–Crippen MR) is 94.0 cm³/mol. The molecule has 0 aliphatic carbocycles. The maximum absolute atomic E-state index is 12.2. The second-order valence-corrected chi connectivity index (χ2v) is 7.25.